The number of sulfone groups is 1. The standard InChI is InChI=1S/C13H17BrFNO2S/c1-16-13(6-9-4-5-19(17,18)8-9)11-7-10(14)2-3-12(11)15/h2-3,7,9,13,16H,4-6,8H2,1H3. The number of hydrogen-bond acceptors (Lipinski definition) is 3. The quantitative estimate of drug-likeness (QED) is 0.908. The summed E-state index contributed by atoms with van der Waals surface area (Å²) in [7, 11) is -1.11. The van der Waals surface area contributed by atoms with Crippen molar-refractivity contribution in [3.8, 4) is 0 Å². The fourth-order valence-corrected chi connectivity index (χ4v) is 4.83. The molecule has 1 N–H and O–H groups in total. The third kappa shape index (κ3) is 3.77. The lowest BCUT2D eigenvalue weighted by Gasteiger charge is -2.20. The van der Waals surface area contributed by atoms with Crippen molar-refractivity contribution in [3.63, 3.8) is 0 Å². The summed E-state index contributed by atoms with van der Waals surface area (Å²) in [5.74, 6) is 0.333. The molecule has 1 heterocycles. The molecule has 19 heavy (non-hydrogen) atoms. The second-order valence-electron chi connectivity index (χ2n) is 5.01. The Morgan fingerprint density at radius 2 is 2.26 bits per heavy atom. The molecule has 0 amide bonds. The molecular formula is C13H17BrFNO2S. The van der Waals surface area contributed by atoms with Crippen LogP contribution in [0.1, 0.15) is 24.4 Å². The summed E-state index contributed by atoms with van der Waals surface area (Å²) in [5.41, 5.74) is 0.584. The van der Waals surface area contributed by atoms with E-state index in [1.54, 1.807) is 19.2 Å². The Kier molecular flexibility index (Phi) is 4.63. The van der Waals surface area contributed by atoms with E-state index in [1.807, 2.05) is 0 Å². The lowest BCUT2D eigenvalue weighted by atomic mass is 9.94. The van der Waals surface area contributed by atoms with E-state index in [4.69, 9.17) is 0 Å². The van der Waals surface area contributed by atoms with Gasteiger partial charge < -0.3 is 5.32 Å². The van der Waals surface area contributed by atoms with Gasteiger partial charge in [-0.25, -0.2) is 12.8 Å². The van der Waals surface area contributed by atoms with Gasteiger partial charge in [0.1, 0.15) is 5.82 Å². The van der Waals surface area contributed by atoms with Crippen molar-refractivity contribution < 1.29 is 12.8 Å². The minimum atomic E-state index is -2.88. The Labute approximate surface area is 121 Å². The van der Waals surface area contributed by atoms with E-state index in [2.05, 4.69) is 21.2 Å². The maximum atomic E-state index is 13.9. The van der Waals surface area contributed by atoms with Crippen LogP contribution in [0.2, 0.25) is 0 Å². The van der Waals surface area contributed by atoms with E-state index in [0.29, 0.717) is 18.4 Å². The largest absolute Gasteiger partial charge is 0.313 e. The van der Waals surface area contributed by atoms with Crippen LogP contribution in [0.15, 0.2) is 22.7 Å². The molecule has 106 valence electrons. The van der Waals surface area contributed by atoms with Crippen molar-refractivity contribution in [2.75, 3.05) is 18.6 Å². The lowest BCUT2D eigenvalue weighted by Crippen LogP contribution is -2.21. The first-order chi connectivity index (χ1) is 8.91. The zero-order valence-corrected chi connectivity index (χ0v) is 13.1. The molecule has 2 unspecified atom stereocenters. The summed E-state index contributed by atoms with van der Waals surface area (Å²) >= 11 is 3.33. The van der Waals surface area contributed by atoms with Crippen LogP contribution in [0.25, 0.3) is 0 Å². The van der Waals surface area contributed by atoms with Crippen LogP contribution in [0.3, 0.4) is 0 Å². The fraction of sp³-hybridized carbons (Fsp3) is 0.538. The highest BCUT2D eigenvalue weighted by Gasteiger charge is 2.30. The van der Waals surface area contributed by atoms with E-state index < -0.39 is 9.84 Å². The summed E-state index contributed by atoms with van der Waals surface area (Å²) in [6, 6.07) is 4.68. The van der Waals surface area contributed by atoms with Crippen LogP contribution < -0.4 is 5.32 Å². The van der Waals surface area contributed by atoms with Gasteiger partial charge in [-0.2, -0.15) is 0 Å². The first-order valence-electron chi connectivity index (χ1n) is 6.24. The molecule has 3 nitrogen and oxygen atoms in total. The van der Waals surface area contributed by atoms with Gasteiger partial charge in [-0.1, -0.05) is 15.9 Å². The van der Waals surface area contributed by atoms with Crippen molar-refractivity contribution in [1.29, 1.82) is 0 Å². The molecule has 1 aromatic rings. The van der Waals surface area contributed by atoms with Crippen molar-refractivity contribution in [1.82, 2.24) is 5.32 Å². The van der Waals surface area contributed by atoms with Gasteiger partial charge in [0.15, 0.2) is 9.84 Å². The Morgan fingerprint density at radius 1 is 1.53 bits per heavy atom. The molecule has 0 saturated carbocycles. The Morgan fingerprint density at radius 3 is 2.84 bits per heavy atom. The highest BCUT2D eigenvalue weighted by atomic mass is 79.9. The minimum absolute atomic E-state index is 0.112. The Hall–Kier alpha value is -0.460. The molecule has 0 spiro atoms. The molecule has 1 aliphatic heterocycles. The first kappa shape index (κ1) is 14.9. The molecular weight excluding hydrogens is 333 g/mol. The van der Waals surface area contributed by atoms with Crippen LogP contribution in [0.5, 0.6) is 0 Å². The average Bonchev–Trinajstić information content (AvgIpc) is 2.69. The monoisotopic (exact) mass is 349 g/mol. The SMILES string of the molecule is CNC(CC1CCS(=O)(=O)C1)c1cc(Br)ccc1F. The van der Waals surface area contributed by atoms with Crippen LogP contribution in [0.4, 0.5) is 4.39 Å². The number of hydrogen-bond donors (Lipinski definition) is 1. The van der Waals surface area contributed by atoms with Crippen molar-refractivity contribution >= 4 is 25.8 Å². The van der Waals surface area contributed by atoms with Gasteiger partial charge >= 0.3 is 0 Å². The zero-order chi connectivity index (χ0) is 14.0. The molecule has 2 rings (SSSR count). The highest BCUT2D eigenvalue weighted by Crippen LogP contribution is 2.31. The second kappa shape index (κ2) is 5.89. The molecule has 0 bridgehead atoms. The van der Waals surface area contributed by atoms with Crippen molar-refractivity contribution in [2.45, 2.75) is 18.9 Å². The second-order valence-corrected chi connectivity index (χ2v) is 8.16. The maximum absolute atomic E-state index is 13.9. The minimum Gasteiger partial charge on any atom is -0.313 e. The third-order valence-corrected chi connectivity index (χ3v) is 5.91. The summed E-state index contributed by atoms with van der Waals surface area (Å²) in [5, 5.41) is 3.08. The molecule has 0 aromatic heterocycles. The van der Waals surface area contributed by atoms with Crippen molar-refractivity contribution in [2.24, 2.45) is 5.92 Å². The molecule has 1 saturated heterocycles. The predicted molar refractivity (Wildman–Crippen MR) is 77.3 cm³/mol. The number of benzene rings is 1. The van der Waals surface area contributed by atoms with Crippen molar-refractivity contribution in [3.05, 3.63) is 34.1 Å². The summed E-state index contributed by atoms with van der Waals surface area (Å²) < 4.78 is 37.6. The fourth-order valence-electron chi connectivity index (χ4n) is 2.57. The van der Waals surface area contributed by atoms with Gasteiger partial charge in [-0.15, -0.1) is 0 Å². The van der Waals surface area contributed by atoms with Crippen LogP contribution in [-0.2, 0) is 9.84 Å². The highest BCUT2D eigenvalue weighted by molar-refractivity contribution is 9.10. The molecule has 1 aliphatic rings. The predicted octanol–water partition coefficient (Wildman–Crippen LogP) is 2.67. The topological polar surface area (TPSA) is 46.2 Å². The van der Waals surface area contributed by atoms with Crippen LogP contribution >= 0.6 is 15.9 Å². The van der Waals surface area contributed by atoms with Gasteiger partial charge in [0, 0.05) is 16.1 Å². The molecule has 6 heteroatoms. The van der Waals surface area contributed by atoms with E-state index in [0.717, 1.165) is 4.47 Å². The van der Waals surface area contributed by atoms with E-state index in [9.17, 15) is 12.8 Å². The van der Waals surface area contributed by atoms with Gasteiger partial charge in [-0.3, -0.25) is 0 Å². The smallest absolute Gasteiger partial charge is 0.150 e. The van der Waals surface area contributed by atoms with E-state index in [1.165, 1.54) is 6.07 Å². The van der Waals surface area contributed by atoms with E-state index >= 15 is 0 Å². The molecule has 0 aliphatic carbocycles. The summed E-state index contributed by atoms with van der Waals surface area (Å²) in [6.45, 7) is 0. The summed E-state index contributed by atoms with van der Waals surface area (Å²) in [4.78, 5) is 0. The number of nitrogens with one attached hydrogen (secondary N) is 1. The Balaban J connectivity index is 2.14. The zero-order valence-electron chi connectivity index (χ0n) is 10.7. The van der Waals surface area contributed by atoms with Gasteiger partial charge in [0.25, 0.3) is 0 Å². The maximum Gasteiger partial charge on any atom is 0.150 e. The average molecular weight is 350 g/mol. The molecule has 2 atom stereocenters. The van der Waals surface area contributed by atoms with E-state index in [-0.39, 0.29) is 29.3 Å². The molecule has 0 radical (unpaired) electrons. The van der Waals surface area contributed by atoms with Gasteiger partial charge in [-0.05, 0) is 44.0 Å². The number of halogens is 2. The Bertz CT molecular complexity index is 562. The number of rotatable bonds is 4. The summed E-state index contributed by atoms with van der Waals surface area (Å²) in [6.07, 6.45) is 1.32. The van der Waals surface area contributed by atoms with Crippen LogP contribution in [-0.4, -0.2) is 27.0 Å². The molecule has 1 fully saturated rings. The van der Waals surface area contributed by atoms with Crippen LogP contribution in [0, 0.1) is 11.7 Å². The molecule has 1 aromatic carbocycles. The third-order valence-electron chi connectivity index (χ3n) is 3.58. The normalized spacial score (nSPS) is 23.4. The first-order valence-corrected chi connectivity index (χ1v) is 8.85. The van der Waals surface area contributed by atoms with Gasteiger partial charge in [0.2, 0.25) is 0 Å². The van der Waals surface area contributed by atoms with Gasteiger partial charge in [0.05, 0.1) is 11.5 Å². The lowest BCUT2D eigenvalue weighted by molar-refractivity contribution is 0.424.